The third-order valence-electron chi connectivity index (χ3n) is 4.26. The van der Waals surface area contributed by atoms with Crippen LogP contribution in [0.2, 0.25) is 0 Å². The van der Waals surface area contributed by atoms with E-state index in [0.29, 0.717) is 6.61 Å². The molecule has 0 aliphatic rings. The monoisotopic (exact) mass is 318 g/mol. The zero-order chi connectivity index (χ0) is 16.8. The van der Waals surface area contributed by atoms with Gasteiger partial charge in [0.2, 0.25) is 0 Å². The minimum Gasteiger partial charge on any atom is -0.392 e. The lowest BCUT2D eigenvalue weighted by molar-refractivity contribution is 0.0215. The molecule has 3 rings (SSSR count). The molecule has 3 aromatic carbocycles. The molecule has 3 aromatic rings. The Kier molecular flexibility index (Phi) is 5.09. The Hall–Kier alpha value is -2.42. The highest BCUT2D eigenvalue weighted by Crippen LogP contribution is 2.40. The standard InChI is InChI=1S/C22H22O2/c1-2-24-22(19-9-5-3-6-10-19,20-11-7-4-8-12-20)21-15-13-18(17-23)14-16-21/h3-16,23H,2,17H2,1H3. The zero-order valence-electron chi connectivity index (χ0n) is 13.9. The Morgan fingerprint density at radius 2 is 1.17 bits per heavy atom. The van der Waals surface area contributed by atoms with Crippen molar-refractivity contribution in [1.82, 2.24) is 0 Å². The molecular weight excluding hydrogens is 296 g/mol. The maximum Gasteiger partial charge on any atom is 0.143 e. The van der Waals surface area contributed by atoms with E-state index >= 15 is 0 Å². The molecule has 0 amide bonds. The average molecular weight is 318 g/mol. The first kappa shape index (κ1) is 16.4. The summed E-state index contributed by atoms with van der Waals surface area (Å²) in [6, 6.07) is 28.6. The van der Waals surface area contributed by atoms with E-state index in [4.69, 9.17) is 4.74 Å². The van der Waals surface area contributed by atoms with Crippen LogP contribution in [0.5, 0.6) is 0 Å². The van der Waals surface area contributed by atoms with Crippen molar-refractivity contribution in [3.63, 3.8) is 0 Å². The van der Waals surface area contributed by atoms with E-state index < -0.39 is 5.60 Å². The summed E-state index contributed by atoms with van der Waals surface area (Å²) in [6.07, 6.45) is 0. The number of aliphatic hydroxyl groups is 1. The lowest BCUT2D eigenvalue weighted by Gasteiger charge is -2.35. The van der Waals surface area contributed by atoms with E-state index in [1.165, 1.54) is 0 Å². The third kappa shape index (κ3) is 2.99. The lowest BCUT2D eigenvalue weighted by atomic mass is 9.80. The molecule has 0 saturated carbocycles. The fourth-order valence-electron chi connectivity index (χ4n) is 3.16. The van der Waals surface area contributed by atoms with Gasteiger partial charge in [0.25, 0.3) is 0 Å². The van der Waals surface area contributed by atoms with Gasteiger partial charge in [-0.3, -0.25) is 0 Å². The van der Waals surface area contributed by atoms with Gasteiger partial charge in [-0.25, -0.2) is 0 Å². The van der Waals surface area contributed by atoms with Crippen molar-refractivity contribution >= 4 is 0 Å². The van der Waals surface area contributed by atoms with Gasteiger partial charge in [0.15, 0.2) is 0 Å². The fourth-order valence-corrected chi connectivity index (χ4v) is 3.16. The zero-order valence-corrected chi connectivity index (χ0v) is 13.9. The smallest absolute Gasteiger partial charge is 0.143 e. The van der Waals surface area contributed by atoms with Crippen LogP contribution in [0.4, 0.5) is 0 Å². The van der Waals surface area contributed by atoms with Gasteiger partial charge in [-0.1, -0.05) is 84.9 Å². The summed E-state index contributed by atoms with van der Waals surface area (Å²) in [4.78, 5) is 0. The van der Waals surface area contributed by atoms with Crippen molar-refractivity contribution in [3.05, 3.63) is 107 Å². The quantitative estimate of drug-likeness (QED) is 0.678. The van der Waals surface area contributed by atoms with Crippen molar-refractivity contribution in [3.8, 4) is 0 Å². The molecule has 0 atom stereocenters. The lowest BCUT2D eigenvalue weighted by Crippen LogP contribution is -2.33. The minimum atomic E-state index is -0.661. The van der Waals surface area contributed by atoms with Crippen molar-refractivity contribution in [2.45, 2.75) is 19.1 Å². The maximum atomic E-state index is 9.34. The van der Waals surface area contributed by atoms with E-state index in [-0.39, 0.29) is 6.61 Å². The number of aliphatic hydroxyl groups excluding tert-OH is 1. The van der Waals surface area contributed by atoms with Gasteiger partial charge in [-0.15, -0.1) is 0 Å². The summed E-state index contributed by atoms with van der Waals surface area (Å²) >= 11 is 0. The van der Waals surface area contributed by atoms with Crippen molar-refractivity contribution in [2.75, 3.05) is 6.61 Å². The summed E-state index contributed by atoms with van der Waals surface area (Å²) in [6.45, 7) is 2.65. The average Bonchev–Trinajstić information content (AvgIpc) is 2.68. The second-order valence-corrected chi connectivity index (χ2v) is 5.70. The molecule has 2 heteroatoms. The molecule has 0 heterocycles. The summed E-state index contributed by atoms with van der Waals surface area (Å²) in [5.74, 6) is 0. The highest BCUT2D eigenvalue weighted by molar-refractivity contribution is 5.48. The predicted molar refractivity (Wildman–Crippen MR) is 96.8 cm³/mol. The van der Waals surface area contributed by atoms with Gasteiger partial charge in [0, 0.05) is 6.61 Å². The molecule has 0 spiro atoms. The number of ether oxygens (including phenoxy) is 1. The van der Waals surface area contributed by atoms with Crippen molar-refractivity contribution in [2.24, 2.45) is 0 Å². The Bertz CT molecular complexity index is 709. The van der Waals surface area contributed by atoms with Gasteiger partial charge in [-0.2, -0.15) is 0 Å². The Balaban J connectivity index is 2.25. The molecular formula is C22H22O2. The number of rotatable bonds is 6. The minimum absolute atomic E-state index is 0.0403. The molecule has 0 aliphatic heterocycles. The van der Waals surface area contributed by atoms with Gasteiger partial charge >= 0.3 is 0 Å². The molecule has 0 fully saturated rings. The molecule has 2 nitrogen and oxygen atoms in total. The second-order valence-electron chi connectivity index (χ2n) is 5.70. The first-order valence-electron chi connectivity index (χ1n) is 8.26. The van der Waals surface area contributed by atoms with Crippen LogP contribution in [0.15, 0.2) is 84.9 Å². The molecule has 0 radical (unpaired) electrons. The Morgan fingerprint density at radius 3 is 1.58 bits per heavy atom. The summed E-state index contributed by atoms with van der Waals surface area (Å²) in [7, 11) is 0. The summed E-state index contributed by atoms with van der Waals surface area (Å²) in [5, 5.41) is 9.34. The van der Waals surface area contributed by atoms with Crippen molar-refractivity contribution in [1.29, 1.82) is 0 Å². The summed E-state index contributed by atoms with van der Waals surface area (Å²) < 4.78 is 6.40. The second kappa shape index (κ2) is 7.43. The van der Waals surface area contributed by atoms with Gasteiger partial charge in [-0.05, 0) is 29.2 Å². The highest BCUT2D eigenvalue weighted by Gasteiger charge is 2.36. The first-order chi connectivity index (χ1) is 11.8. The van der Waals surface area contributed by atoms with Gasteiger partial charge in [0.1, 0.15) is 5.60 Å². The summed E-state index contributed by atoms with van der Waals surface area (Å²) in [5.41, 5.74) is 3.47. The number of benzene rings is 3. The third-order valence-corrected chi connectivity index (χ3v) is 4.26. The van der Waals surface area contributed by atoms with Crippen LogP contribution < -0.4 is 0 Å². The van der Waals surface area contributed by atoms with Crippen LogP contribution in [0.25, 0.3) is 0 Å². The molecule has 24 heavy (non-hydrogen) atoms. The van der Waals surface area contributed by atoms with Crippen molar-refractivity contribution < 1.29 is 9.84 Å². The Labute approximate surface area is 143 Å². The SMILES string of the molecule is CCOC(c1ccccc1)(c1ccccc1)c1ccc(CO)cc1. The normalized spacial score (nSPS) is 11.4. The molecule has 0 saturated heterocycles. The molecule has 0 bridgehead atoms. The number of hydrogen-bond donors (Lipinski definition) is 1. The van der Waals surface area contributed by atoms with Gasteiger partial charge < -0.3 is 9.84 Å². The molecule has 1 N–H and O–H groups in total. The van der Waals surface area contributed by atoms with Crippen LogP contribution in [0, 0.1) is 0 Å². The van der Waals surface area contributed by atoms with E-state index in [0.717, 1.165) is 22.3 Å². The number of hydrogen-bond acceptors (Lipinski definition) is 2. The van der Waals surface area contributed by atoms with Crippen LogP contribution in [-0.2, 0) is 16.9 Å². The molecule has 0 aromatic heterocycles. The van der Waals surface area contributed by atoms with Crippen LogP contribution in [0.1, 0.15) is 29.2 Å². The van der Waals surface area contributed by atoms with E-state index in [1.54, 1.807) is 0 Å². The molecule has 122 valence electrons. The maximum absolute atomic E-state index is 9.34. The largest absolute Gasteiger partial charge is 0.392 e. The Morgan fingerprint density at radius 1 is 0.708 bits per heavy atom. The van der Waals surface area contributed by atoms with Gasteiger partial charge in [0.05, 0.1) is 6.61 Å². The van der Waals surface area contributed by atoms with Crippen LogP contribution in [0.3, 0.4) is 0 Å². The predicted octanol–water partition coefficient (Wildman–Crippen LogP) is 4.51. The topological polar surface area (TPSA) is 29.5 Å². The highest BCUT2D eigenvalue weighted by atomic mass is 16.5. The van der Waals surface area contributed by atoms with E-state index in [2.05, 4.69) is 24.3 Å². The van der Waals surface area contributed by atoms with Crippen LogP contribution in [-0.4, -0.2) is 11.7 Å². The fraction of sp³-hybridized carbons (Fsp3) is 0.182. The first-order valence-corrected chi connectivity index (χ1v) is 8.26. The van der Waals surface area contributed by atoms with E-state index in [9.17, 15) is 5.11 Å². The molecule has 0 unspecified atom stereocenters. The molecule has 0 aliphatic carbocycles. The van der Waals surface area contributed by atoms with Crippen LogP contribution >= 0.6 is 0 Å². The van der Waals surface area contributed by atoms with E-state index in [1.807, 2.05) is 67.6 Å².